The summed E-state index contributed by atoms with van der Waals surface area (Å²) in [6, 6.07) is 26.1. The van der Waals surface area contributed by atoms with Crippen molar-refractivity contribution in [1.29, 1.82) is 0 Å². The predicted octanol–water partition coefficient (Wildman–Crippen LogP) is 4.92. The number of anilines is 1. The molecule has 0 atom stereocenters. The van der Waals surface area contributed by atoms with Crippen LogP contribution in [-0.4, -0.2) is 46.3 Å². The minimum atomic E-state index is -3.97. The van der Waals surface area contributed by atoms with Gasteiger partial charge in [-0.15, -0.1) is 0 Å². The Morgan fingerprint density at radius 2 is 1.47 bits per heavy atom. The molecule has 186 valence electrons. The summed E-state index contributed by atoms with van der Waals surface area (Å²) in [5, 5.41) is -0.0829. The highest BCUT2D eigenvalue weighted by molar-refractivity contribution is 7.91. The molecule has 3 aromatic carbocycles. The van der Waals surface area contributed by atoms with Crippen molar-refractivity contribution in [3.63, 3.8) is 0 Å². The fraction of sp³-hybridized carbons (Fsp3) is 0.250. The highest BCUT2D eigenvalue weighted by Crippen LogP contribution is 2.38. The zero-order valence-electron chi connectivity index (χ0n) is 20.0. The largest absolute Gasteiger partial charge is 0.494 e. The average molecular weight is 505 g/mol. The van der Waals surface area contributed by atoms with E-state index in [4.69, 9.17) is 13.9 Å². The molecule has 0 bridgehead atoms. The SMILES string of the molecule is CCOc1ccc(S(=O)(=O)c2nc(C(c3ccccc3)c3ccccc3)oc2N2CCOCC2)cc1. The summed E-state index contributed by atoms with van der Waals surface area (Å²) in [5.41, 5.74) is 1.92. The molecule has 1 aromatic heterocycles. The first-order chi connectivity index (χ1) is 17.6. The van der Waals surface area contributed by atoms with Crippen LogP contribution in [-0.2, 0) is 14.6 Å². The average Bonchev–Trinajstić information content (AvgIpc) is 3.37. The minimum Gasteiger partial charge on any atom is -0.494 e. The molecule has 0 unspecified atom stereocenters. The van der Waals surface area contributed by atoms with Gasteiger partial charge in [0.2, 0.25) is 26.6 Å². The number of benzene rings is 3. The summed E-state index contributed by atoms with van der Waals surface area (Å²) >= 11 is 0. The molecular formula is C28H28N2O5S. The van der Waals surface area contributed by atoms with Crippen molar-refractivity contribution in [2.24, 2.45) is 0 Å². The maximum Gasteiger partial charge on any atom is 0.236 e. The van der Waals surface area contributed by atoms with Crippen LogP contribution in [0.1, 0.15) is 29.9 Å². The van der Waals surface area contributed by atoms with Crippen LogP contribution in [0.3, 0.4) is 0 Å². The number of ether oxygens (including phenoxy) is 2. The van der Waals surface area contributed by atoms with Crippen molar-refractivity contribution in [3.8, 4) is 5.75 Å². The van der Waals surface area contributed by atoms with E-state index in [1.54, 1.807) is 24.3 Å². The van der Waals surface area contributed by atoms with Gasteiger partial charge in [0, 0.05) is 13.1 Å². The van der Waals surface area contributed by atoms with Crippen molar-refractivity contribution in [1.82, 2.24) is 4.98 Å². The second-order valence-electron chi connectivity index (χ2n) is 8.42. The van der Waals surface area contributed by atoms with Crippen LogP contribution < -0.4 is 9.64 Å². The summed E-state index contributed by atoms with van der Waals surface area (Å²) < 4.78 is 45.0. The zero-order chi connectivity index (χ0) is 25.0. The Balaban J connectivity index is 1.65. The maximum absolute atomic E-state index is 13.9. The van der Waals surface area contributed by atoms with Crippen molar-refractivity contribution >= 4 is 15.7 Å². The van der Waals surface area contributed by atoms with E-state index in [0.717, 1.165) is 11.1 Å². The van der Waals surface area contributed by atoms with Gasteiger partial charge < -0.3 is 18.8 Å². The highest BCUT2D eigenvalue weighted by Gasteiger charge is 2.34. The number of hydrogen-bond acceptors (Lipinski definition) is 7. The van der Waals surface area contributed by atoms with Crippen molar-refractivity contribution in [2.45, 2.75) is 22.8 Å². The van der Waals surface area contributed by atoms with Gasteiger partial charge in [0.15, 0.2) is 0 Å². The normalized spacial score (nSPS) is 14.2. The summed E-state index contributed by atoms with van der Waals surface area (Å²) in [6.07, 6.45) is 0. The van der Waals surface area contributed by atoms with E-state index in [0.29, 0.717) is 44.6 Å². The number of morpholine rings is 1. The van der Waals surface area contributed by atoms with Gasteiger partial charge in [-0.1, -0.05) is 60.7 Å². The molecule has 1 aliphatic rings. The maximum atomic E-state index is 13.9. The van der Waals surface area contributed by atoms with Gasteiger partial charge in [-0.3, -0.25) is 0 Å². The molecule has 0 aliphatic carbocycles. The van der Waals surface area contributed by atoms with Crippen LogP contribution in [0.25, 0.3) is 0 Å². The number of oxazole rings is 1. The Morgan fingerprint density at radius 1 is 0.889 bits per heavy atom. The lowest BCUT2D eigenvalue weighted by atomic mass is 9.91. The van der Waals surface area contributed by atoms with Crippen LogP contribution >= 0.6 is 0 Å². The molecule has 7 nitrogen and oxygen atoms in total. The van der Waals surface area contributed by atoms with Crippen molar-refractivity contribution in [2.75, 3.05) is 37.8 Å². The van der Waals surface area contributed by atoms with Crippen LogP contribution in [0.15, 0.2) is 99.3 Å². The second-order valence-corrected chi connectivity index (χ2v) is 10.3. The van der Waals surface area contributed by atoms with Gasteiger partial charge in [0.25, 0.3) is 0 Å². The Bertz CT molecular complexity index is 1340. The number of nitrogens with zero attached hydrogens (tertiary/aromatic N) is 2. The molecule has 0 amide bonds. The Labute approximate surface area is 211 Å². The van der Waals surface area contributed by atoms with Gasteiger partial charge in [-0.2, -0.15) is 4.98 Å². The number of sulfone groups is 1. The predicted molar refractivity (Wildman–Crippen MR) is 136 cm³/mol. The van der Waals surface area contributed by atoms with Gasteiger partial charge in [0.05, 0.1) is 30.6 Å². The van der Waals surface area contributed by atoms with Crippen molar-refractivity contribution < 1.29 is 22.3 Å². The fourth-order valence-electron chi connectivity index (χ4n) is 4.34. The lowest BCUT2D eigenvalue weighted by molar-refractivity contribution is 0.120. The molecule has 5 rings (SSSR count). The molecule has 1 aliphatic heterocycles. The standard InChI is InChI=1S/C28H28N2O5S/c1-2-34-23-13-15-24(16-14-23)36(31,32)27-28(30-17-19-33-20-18-30)35-26(29-27)25(21-9-5-3-6-10-21)22-11-7-4-8-12-22/h3-16,25H,2,17-20H2,1H3. The van der Waals surface area contributed by atoms with Gasteiger partial charge >= 0.3 is 0 Å². The van der Waals surface area contributed by atoms with Gasteiger partial charge in [-0.25, -0.2) is 8.42 Å². The third-order valence-corrected chi connectivity index (χ3v) is 7.77. The molecular weight excluding hydrogens is 476 g/mol. The summed E-state index contributed by atoms with van der Waals surface area (Å²) in [5.74, 6) is 0.827. The lowest BCUT2D eigenvalue weighted by Crippen LogP contribution is -2.36. The van der Waals surface area contributed by atoms with E-state index in [1.165, 1.54) is 0 Å². The molecule has 1 saturated heterocycles. The van der Waals surface area contributed by atoms with E-state index >= 15 is 0 Å². The summed E-state index contributed by atoms with van der Waals surface area (Å²) in [6.45, 7) is 4.38. The van der Waals surface area contributed by atoms with E-state index in [1.807, 2.05) is 72.5 Å². The third kappa shape index (κ3) is 4.87. The Kier molecular flexibility index (Phi) is 7.06. The number of hydrogen-bond donors (Lipinski definition) is 0. The van der Waals surface area contributed by atoms with Gasteiger partial charge in [-0.05, 0) is 42.3 Å². The van der Waals surface area contributed by atoms with Crippen LogP contribution in [0.2, 0.25) is 0 Å². The summed E-state index contributed by atoms with van der Waals surface area (Å²) in [4.78, 5) is 6.71. The van der Waals surface area contributed by atoms with E-state index in [2.05, 4.69) is 4.98 Å². The number of rotatable bonds is 8. The van der Waals surface area contributed by atoms with Crippen LogP contribution in [0.4, 0.5) is 5.88 Å². The molecule has 4 aromatic rings. The van der Waals surface area contributed by atoms with Crippen LogP contribution in [0.5, 0.6) is 5.75 Å². The molecule has 2 heterocycles. The minimum absolute atomic E-state index is 0.0829. The van der Waals surface area contributed by atoms with E-state index in [-0.39, 0.29) is 21.7 Å². The first-order valence-electron chi connectivity index (χ1n) is 12.0. The smallest absolute Gasteiger partial charge is 0.236 e. The zero-order valence-corrected chi connectivity index (χ0v) is 20.9. The fourth-order valence-corrected chi connectivity index (χ4v) is 5.67. The first-order valence-corrected chi connectivity index (χ1v) is 13.5. The van der Waals surface area contributed by atoms with Crippen molar-refractivity contribution in [3.05, 3.63) is 102 Å². The number of aromatic nitrogens is 1. The lowest BCUT2D eigenvalue weighted by Gasteiger charge is -2.26. The third-order valence-electron chi connectivity index (χ3n) is 6.11. The topological polar surface area (TPSA) is 81.9 Å². The molecule has 0 radical (unpaired) electrons. The molecule has 1 fully saturated rings. The molecule has 0 N–H and O–H groups in total. The summed E-state index contributed by atoms with van der Waals surface area (Å²) in [7, 11) is -3.97. The molecule has 8 heteroatoms. The molecule has 0 spiro atoms. The molecule has 0 saturated carbocycles. The van der Waals surface area contributed by atoms with E-state index in [9.17, 15) is 8.42 Å². The van der Waals surface area contributed by atoms with Crippen LogP contribution in [0, 0.1) is 0 Å². The van der Waals surface area contributed by atoms with Gasteiger partial charge in [0.1, 0.15) is 5.75 Å². The molecule has 36 heavy (non-hydrogen) atoms. The Morgan fingerprint density at radius 3 is 2.03 bits per heavy atom. The second kappa shape index (κ2) is 10.6. The monoisotopic (exact) mass is 504 g/mol. The quantitative estimate of drug-likeness (QED) is 0.337. The first kappa shape index (κ1) is 24.1. The highest BCUT2D eigenvalue weighted by atomic mass is 32.2. The Hall–Kier alpha value is -3.62. The van der Waals surface area contributed by atoms with E-state index < -0.39 is 9.84 Å².